The van der Waals surface area contributed by atoms with Crippen molar-refractivity contribution in [1.29, 1.82) is 0 Å². The highest BCUT2D eigenvalue weighted by Crippen LogP contribution is 2.27. The lowest BCUT2D eigenvalue weighted by Crippen LogP contribution is -2.02. The second-order valence-electron chi connectivity index (χ2n) is 5.10. The number of nitrogens with two attached hydrogens (primary N) is 1. The molecule has 0 spiro atoms. The maximum Gasteiger partial charge on any atom is 0.137 e. The third-order valence-corrected chi connectivity index (χ3v) is 3.85. The van der Waals surface area contributed by atoms with Crippen LogP contribution in [0.15, 0.2) is 66.9 Å². The van der Waals surface area contributed by atoms with E-state index in [9.17, 15) is 0 Å². The summed E-state index contributed by atoms with van der Waals surface area (Å²) in [4.78, 5) is 4.74. The van der Waals surface area contributed by atoms with Gasteiger partial charge in [0, 0.05) is 18.3 Å². The molecule has 3 heteroatoms. The number of pyridine rings is 1. The highest BCUT2D eigenvalue weighted by Gasteiger charge is 2.12. The minimum atomic E-state index is 0.466. The first-order chi connectivity index (χ1) is 10.4. The molecule has 4 rings (SSSR count). The van der Waals surface area contributed by atoms with Crippen LogP contribution in [0.1, 0.15) is 5.69 Å². The maximum atomic E-state index is 5.95. The Kier molecular flexibility index (Phi) is 2.72. The molecule has 0 aliphatic carbocycles. The molecule has 2 aromatic carbocycles. The molecule has 0 atom stereocenters. The number of aromatic nitrogens is 2. The number of fused-ring (bicyclic) bond motifs is 2. The fourth-order valence-corrected chi connectivity index (χ4v) is 2.81. The van der Waals surface area contributed by atoms with Gasteiger partial charge in [0.05, 0.1) is 11.4 Å². The van der Waals surface area contributed by atoms with Crippen LogP contribution >= 0.6 is 0 Å². The summed E-state index contributed by atoms with van der Waals surface area (Å²) in [6, 6.07) is 20.8. The Morgan fingerprint density at radius 1 is 0.905 bits per heavy atom. The minimum absolute atomic E-state index is 0.466. The predicted molar refractivity (Wildman–Crippen MR) is 86.0 cm³/mol. The van der Waals surface area contributed by atoms with E-state index in [1.165, 1.54) is 10.8 Å². The van der Waals surface area contributed by atoms with Crippen molar-refractivity contribution >= 4 is 16.4 Å². The van der Waals surface area contributed by atoms with Crippen molar-refractivity contribution in [2.75, 3.05) is 0 Å². The van der Waals surface area contributed by atoms with E-state index < -0.39 is 0 Å². The molecule has 0 saturated heterocycles. The Bertz CT molecular complexity index is 937. The van der Waals surface area contributed by atoms with E-state index in [4.69, 9.17) is 10.7 Å². The summed E-state index contributed by atoms with van der Waals surface area (Å²) in [5.74, 6) is 0. The topological polar surface area (TPSA) is 43.3 Å². The van der Waals surface area contributed by atoms with Crippen molar-refractivity contribution in [1.82, 2.24) is 9.38 Å². The third-order valence-electron chi connectivity index (χ3n) is 3.85. The van der Waals surface area contributed by atoms with Crippen molar-refractivity contribution in [3.05, 3.63) is 72.6 Å². The van der Waals surface area contributed by atoms with Crippen LogP contribution < -0.4 is 5.73 Å². The van der Waals surface area contributed by atoms with Gasteiger partial charge in [-0.1, -0.05) is 42.5 Å². The quantitative estimate of drug-likeness (QED) is 0.606. The summed E-state index contributed by atoms with van der Waals surface area (Å²) in [6.45, 7) is 0.466. The summed E-state index contributed by atoms with van der Waals surface area (Å²) >= 11 is 0. The monoisotopic (exact) mass is 273 g/mol. The standard InChI is InChI=1S/C18H15N3/c19-12-16-18(20-17-7-3-4-10-21(16)17)15-9-8-13-5-1-2-6-14(13)11-15/h1-11H,12,19H2. The van der Waals surface area contributed by atoms with Gasteiger partial charge in [-0.15, -0.1) is 0 Å². The zero-order valence-electron chi connectivity index (χ0n) is 11.5. The first-order valence-electron chi connectivity index (χ1n) is 7.02. The number of rotatable bonds is 2. The lowest BCUT2D eigenvalue weighted by atomic mass is 10.0. The second-order valence-corrected chi connectivity index (χ2v) is 5.10. The first-order valence-corrected chi connectivity index (χ1v) is 7.02. The zero-order valence-corrected chi connectivity index (χ0v) is 11.5. The van der Waals surface area contributed by atoms with E-state index in [-0.39, 0.29) is 0 Å². The molecule has 0 fully saturated rings. The highest BCUT2D eigenvalue weighted by molar-refractivity contribution is 5.87. The predicted octanol–water partition coefficient (Wildman–Crippen LogP) is 3.61. The number of nitrogens with zero attached hydrogens (tertiary/aromatic N) is 2. The van der Waals surface area contributed by atoms with E-state index in [1.807, 2.05) is 24.4 Å². The van der Waals surface area contributed by atoms with Crippen molar-refractivity contribution in [2.45, 2.75) is 6.54 Å². The normalized spacial score (nSPS) is 11.3. The molecule has 0 saturated carbocycles. The van der Waals surface area contributed by atoms with Gasteiger partial charge < -0.3 is 10.1 Å². The SMILES string of the molecule is NCc1c(-c2ccc3ccccc3c2)nc2ccccn12. The molecule has 0 aliphatic heterocycles. The summed E-state index contributed by atoms with van der Waals surface area (Å²) < 4.78 is 2.06. The first kappa shape index (κ1) is 12.1. The molecule has 0 amide bonds. The van der Waals surface area contributed by atoms with Crippen molar-refractivity contribution in [3.63, 3.8) is 0 Å². The number of hydrogen-bond acceptors (Lipinski definition) is 2. The van der Waals surface area contributed by atoms with Crippen molar-refractivity contribution in [3.8, 4) is 11.3 Å². The minimum Gasteiger partial charge on any atom is -0.325 e. The molecule has 21 heavy (non-hydrogen) atoms. The van der Waals surface area contributed by atoms with Gasteiger partial charge in [-0.3, -0.25) is 0 Å². The number of imidazole rings is 1. The van der Waals surface area contributed by atoms with Gasteiger partial charge in [0.2, 0.25) is 0 Å². The molecule has 0 aliphatic rings. The van der Waals surface area contributed by atoms with Crippen LogP contribution in [0.5, 0.6) is 0 Å². The van der Waals surface area contributed by atoms with E-state index in [2.05, 4.69) is 46.9 Å². The Balaban J connectivity index is 1.99. The molecular formula is C18H15N3. The number of hydrogen-bond donors (Lipinski definition) is 1. The summed E-state index contributed by atoms with van der Waals surface area (Å²) in [5.41, 5.74) is 10.0. The molecule has 0 radical (unpaired) electrons. The van der Waals surface area contributed by atoms with Gasteiger partial charge in [0.15, 0.2) is 0 Å². The Morgan fingerprint density at radius 2 is 1.71 bits per heavy atom. The average Bonchev–Trinajstić information content (AvgIpc) is 2.93. The van der Waals surface area contributed by atoms with Crippen molar-refractivity contribution in [2.24, 2.45) is 5.73 Å². The van der Waals surface area contributed by atoms with Crippen LogP contribution in [0.25, 0.3) is 27.7 Å². The van der Waals surface area contributed by atoms with Crippen LogP contribution in [0.4, 0.5) is 0 Å². The molecule has 2 heterocycles. The molecule has 4 aromatic rings. The van der Waals surface area contributed by atoms with Crippen LogP contribution in [0, 0.1) is 0 Å². The average molecular weight is 273 g/mol. The third kappa shape index (κ3) is 1.90. The summed E-state index contributed by atoms with van der Waals surface area (Å²) in [6.07, 6.45) is 2.01. The van der Waals surface area contributed by atoms with Gasteiger partial charge in [-0.25, -0.2) is 4.98 Å². The Hall–Kier alpha value is -2.65. The molecule has 2 N–H and O–H groups in total. The van der Waals surface area contributed by atoms with Gasteiger partial charge in [-0.05, 0) is 29.0 Å². The van der Waals surface area contributed by atoms with E-state index in [1.54, 1.807) is 0 Å². The fraction of sp³-hybridized carbons (Fsp3) is 0.0556. The van der Waals surface area contributed by atoms with Crippen LogP contribution in [-0.4, -0.2) is 9.38 Å². The largest absolute Gasteiger partial charge is 0.325 e. The fourth-order valence-electron chi connectivity index (χ4n) is 2.81. The second kappa shape index (κ2) is 4.72. The smallest absolute Gasteiger partial charge is 0.137 e. The summed E-state index contributed by atoms with van der Waals surface area (Å²) in [7, 11) is 0. The van der Waals surface area contributed by atoms with Crippen LogP contribution in [-0.2, 0) is 6.54 Å². The Labute approximate surface area is 122 Å². The summed E-state index contributed by atoms with van der Waals surface area (Å²) in [5, 5.41) is 2.45. The van der Waals surface area contributed by atoms with Gasteiger partial charge in [0.25, 0.3) is 0 Å². The molecule has 0 bridgehead atoms. The lowest BCUT2D eigenvalue weighted by molar-refractivity contribution is 0.962. The van der Waals surface area contributed by atoms with Gasteiger partial charge in [-0.2, -0.15) is 0 Å². The van der Waals surface area contributed by atoms with Crippen LogP contribution in [0.2, 0.25) is 0 Å². The maximum absolute atomic E-state index is 5.95. The molecule has 2 aromatic heterocycles. The van der Waals surface area contributed by atoms with E-state index in [0.29, 0.717) is 6.54 Å². The number of benzene rings is 2. The van der Waals surface area contributed by atoms with Gasteiger partial charge >= 0.3 is 0 Å². The molecule has 102 valence electrons. The van der Waals surface area contributed by atoms with Crippen LogP contribution in [0.3, 0.4) is 0 Å². The molecular weight excluding hydrogens is 258 g/mol. The molecule has 0 unspecified atom stereocenters. The van der Waals surface area contributed by atoms with Crippen molar-refractivity contribution < 1.29 is 0 Å². The van der Waals surface area contributed by atoms with Gasteiger partial charge in [0.1, 0.15) is 5.65 Å². The zero-order chi connectivity index (χ0) is 14.2. The molecule has 3 nitrogen and oxygen atoms in total. The highest BCUT2D eigenvalue weighted by atomic mass is 15.0. The van der Waals surface area contributed by atoms with E-state index >= 15 is 0 Å². The lowest BCUT2D eigenvalue weighted by Gasteiger charge is -2.04. The van der Waals surface area contributed by atoms with E-state index in [0.717, 1.165) is 22.6 Å². The Morgan fingerprint density at radius 3 is 2.57 bits per heavy atom.